The molecule has 32 heavy (non-hydrogen) atoms. The fourth-order valence-corrected chi connectivity index (χ4v) is 4.93. The zero-order valence-electron chi connectivity index (χ0n) is 19.7. The van der Waals surface area contributed by atoms with Gasteiger partial charge in [-0.3, -0.25) is 9.69 Å². The van der Waals surface area contributed by atoms with Crippen molar-refractivity contribution in [1.82, 2.24) is 4.90 Å². The van der Waals surface area contributed by atoms with Crippen LogP contribution in [0.3, 0.4) is 0 Å². The summed E-state index contributed by atoms with van der Waals surface area (Å²) in [6.07, 6.45) is 1.12. The van der Waals surface area contributed by atoms with E-state index in [-0.39, 0.29) is 5.91 Å². The summed E-state index contributed by atoms with van der Waals surface area (Å²) in [6, 6.07) is 12.9. The molecule has 2 heterocycles. The van der Waals surface area contributed by atoms with Gasteiger partial charge in [0.2, 0.25) is 5.91 Å². The van der Waals surface area contributed by atoms with E-state index in [9.17, 15) is 10.1 Å². The highest BCUT2D eigenvalue weighted by Gasteiger charge is 2.31. The van der Waals surface area contributed by atoms with Gasteiger partial charge in [0.1, 0.15) is 5.75 Å². The standard InChI is InChI=1S/C26H32N4O2/c1-17-15-29(16-18(2)28(17)4)24-13-23-21(11-25(24)32-5)9-10-30(23)26(31)12-20-7-6-8-22(14-27)19(20)3/h6-8,11,13,17-18H,9-10,12,15-16H2,1-5H3. The van der Waals surface area contributed by atoms with Crippen LogP contribution >= 0.6 is 0 Å². The Morgan fingerprint density at radius 3 is 2.56 bits per heavy atom. The molecule has 4 rings (SSSR count). The third kappa shape index (κ3) is 3.93. The zero-order valence-corrected chi connectivity index (χ0v) is 19.7. The summed E-state index contributed by atoms with van der Waals surface area (Å²) in [7, 11) is 3.90. The highest BCUT2D eigenvalue weighted by atomic mass is 16.5. The number of nitriles is 1. The molecule has 2 aliphatic rings. The predicted octanol–water partition coefficient (Wildman–Crippen LogP) is 3.54. The molecule has 2 aromatic rings. The van der Waals surface area contributed by atoms with Crippen molar-refractivity contribution in [3.8, 4) is 11.8 Å². The van der Waals surface area contributed by atoms with Crippen LogP contribution in [0.1, 0.15) is 36.1 Å². The molecule has 0 radical (unpaired) electrons. The van der Waals surface area contributed by atoms with Crippen molar-refractivity contribution in [2.45, 2.75) is 45.7 Å². The molecule has 6 heteroatoms. The van der Waals surface area contributed by atoms with Crippen molar-refractivity contribution in [3.63, 3.8) is 0 Å². The Labute approximate surface area is 191 Å². The number of piperazine rings is 1. The normalized spacial score (nSPS) is 20.8. The van der Waals surface area contributed by atoms with Gasteiger partial charge in [0.05, 0.1) is 30.9 Å². The molecule has 0 aromatic heterocycles. The van der Waals surface area contributed by atoms with Gasteiger partial charge in [-0.2, -0.15) is 5.26 Å². The van der Waals surface area contributed by atoms with Crippen molar-refractivity contribution in [2.24, 2.45) is 0 Å². The van der Waals surface area contributed by atoms with Gasteiger partial charge in [0, 0.05) is 37.4 Å². The van der Waals surface area contributed by atoms with E-state index >= 15 is 0 Å². The molecule has 1 fully saturated rings. The second-order valence-electron chi connectivity index (χ2n) is 9.09. The molecule has 1 amide bonds. The molecular formula is C26H32N4O2. The van der Waals surface area contributed by atoms with Crippen molar-refractivity contribution in [2.75, 3.05) is 43.6 Å². The number of benzene rings is 2. The Morgan fingerprint density at radius 1 is 1.19 bits per heavy atom. The van der Waals surface area contributed by atoms with Gasteiger partial charge in [-0.1, -0.05) is 12.1 Å². The van der Waals surface area contributed by atoms with Crippen LogP contribution < -0.4 is 14.5 Å². The SMILES string of the molecule is COc1cc2c(cc1N1CC(C)N(C)C(C)C1)N(C(=O)Cc1cccc(C#N)c1C)CC2. The van der Waals surface area contributed by atoms with E-state index in [2.05, 4.69) is 48.9 Å². The minimum Gasteiger partial charge on any atom is -0.495 e. The predicted molar refractivity (Wildman–Crippen MR) is 128 cm³/mol. The van der Waals surface area contributed by atoms with Gasteiger partial charge in [0.25, 0.3) is 0 Å². The molecule has 2 aromatic carbocycles. The molecule has 0 N–H and O–H groups in total. The van der Waals surface area contributed by atoms with Gasteiger partial charge in [-0.05, 0) is 69.1 Å². The molecule has 0 spiro atoms. The topological polar surface area (TPSA) is 59.8 Å². The Balaban J connectivity index is 1.63. The third-order valence-electron chi connectivity index (χ3n) is 7.19. The number of carbonyl (C=O) groups is 1. The zero-order chi connectivity index (χ0) is 23.0. The van der Waals surface area contributed by atoms with E-state index in [1.807, 2.05) is 24.0 Å². The number of anilines is 2. The first kappa shape index (κ1) is 22.2. The summed E-state index contributed by atoms with van der Waals surface area (Å²) < 4.78 is 5.76. The Kier molecular flexibility index (Phi) is 6.12. The van der Waals surface area contributed by atoms with Gasteiger partial charge in [-0.25, -0.2) is 0 Å². The molecule has 168 valence electrons. The molecule has 2 unspecified atom stereocenters. The van der Waals surface area contributed by atoms with E-state index in [0.717, 1.165) is 53.3 Å². The highest BCUT2D eigenvalue weighted by molar-refractivity contribution is 5.98. The van der Waals surface area contributed by atoms with E-state index < -0.39 is 0 Å². The number of nitrogens with zero attached hydrogens (tertiary/aromatic N) is 4. The van der Waals surface area contributed by atoms with E-state index in [4.69, 9.17) is 4.74 Å². The van der Waals surface area contributed by atoms with E-state index in [1.165, 1.54) is 0 Å². The van der Waals surface area contributed by atoms with Crippen LogP contribution in [0.2, 0.25) is 0 Å². The minimum atomic E-state index is 0.0678. The molecule has 0 bridgehead atoms. The van der Waals surface area contributed by atoms with Crippen molar-refractivity contribution in [3.05, 3.63) is 52.6 Å². The van der Waals surface area contributed by atoms with Crippen LogP contribution in [-0.4, -0.2) is 56.7 Å². The van der Waals surface area contributed by atoms with Gasteiger partial charge < -0.3 is 14.5 Å². The molecule has 1 saturated heterocycles. The van der Waals surface area contributed by atoms with Gasteiger partial charge in [0.15, 0.2) is 0 Å². The number of likely N-dealkylation sites (N-methyl/N-ethyl adjacent to an activating group) is 1. The number of methoxy groups -OCH3 is 1. The van der Waals surface area contributed by atoms with Crippen LogP contribution in [0.15, 0.2) is 30.3 Å². The summed E-state index contributed by atoms with van der Waals surface area (Å²) in [4.78, 5) is 20.0. The first-order valence-corrected chi connectivity index (χ1v) is 11.3. The third-order valence-corrected chi connectivity index (χ3v) is 7.19. The number of fused-ring (bicyclic) bond motifs is 1. The lowest BCUT2D eigenvalue weighted by molar-refractivity contribution is -0.117. The second-order valence-corrected chi connectivity index (χ2v) is 9.09. The number of hydrogen-bond donors (Lipinski definition) is 0. The minimum absolute atomic E-state index is 0.0678. The van der Waals surface area contributed by atoms with Crippen molar-refractivity contribution in [1.29, 1.82) is 5.26 Å². The molecular weight excluding hydrogens is 400 g/mol. The number of hydrogen-bond acceptors (Lipinski definition) is 5. The Hall–Kier alpha value is -3.04. The number of ether oxygens (including phenoxy) is 1. The maximum atomic E-state index is 13.3. The molecule has 0 aliphatic carbocycles. The largest absolute Gasteiger partial charge is 0.495 e. The fourth-order valence-electron chi connectivity index (χ4n) is 4.93. The summed E-state index contributed by atoms with van der Waals surface area (Å²) in [6.45, 7) is 8.92. The van der Waals surface area contributed by atoms with Gasteiger partial charge >= 0.3 is 0 Å². The van der Waals surface area contributed by atoms with Crippen LogP contribution in [0.5, 0.6) is 5.75 Å². The van der Waals surface area contributed by atoms with Crippen LogP contribution in [0.25, 0.3) is 0 Å². The fraction of sp³-hybridized carbons (Fsp3) is 0.462. The average molecular weight is 433 g/mol. The van der Waals surface area contributed by atoms with Crippen LogP contribution in [0, 0.1) is 18.3 Å². The number of amides is 1. The lowest BCUT2D eigenvalue weighted by Crippen LogP contribution is -2.55. The van der Waals surface area contributed by atoms with Crippen molar-refractivity contribution >= 4 is 17.3 Å². The molecule has 2 atom stereocenters. The van der Waals surface area contributed by atoms with Crippen molar-refractivity contribution < 1.29 is 9.53 Å². The lowest BCUT2D eigenvalue weighted by Gasteiger charge is -2.44. The van der Waals surface area contributed by atoms with Gasteiger partial charge in [-0.15, -0.1) is 0 Å². The summed E-state index contributed by atoms with van der Waals surface area (Å²) in [5.74, 6) is 0.942. The summed E-state index contributed by atoms with van der Waals surface area (Å²) in [5.41, 5.74) is 5.62. The smallest absolute Gasteiger partial charge is 0.231 e. The lowest BCUT2D eigenvalue weighted by atomic mass is 10.0. The van der Waals surface area contributed by atoms with E-state index in [0.29, 0.717) is 30.6 Å². The first-order chi connectivity index (χ1) is 15.3. The number of carbonyl (C=O) groups excluding carboxylic acids is 1. The quantitative estimate of drug-likeness (QED) is 0.740. The van der Waals surface area contributed by atoms with Crippen LogP contribution in [0.4, 0.5) is 11.4 Å². The monoisotopic (exact) mass is 432 g/mol. The number of rotatable bonds is 4. The summed E-state index contributed by atoms with van der Waals surface area (Å²) >= 11 is 0. The Morgan fingerprint density at radius 2 is 1.91 bits per heavy atom. The second kappa shape index (κ2) is 8.84. The maximum Gasteiger partial charge on any atom is 0.231 e. The summed E-state index contributed by atoms with van der Waals surface area (Å²) in [5, 5.41) is 9.31. The first-order valence-electron chi connectivity index (χ1n) is 11.3. The van der Waals surface area contributed by atoms with E-state index in [1.54, 1.807) is 13.2 Å². The molecule has 6 nitrogen and oxygen atoms in total. The Bertz CT molecular complexity index is 1060. The maximum absolute atomic E-state index is 13.3. The molecule has 0 saturated carbocycles. The highest BCUT2D eigenvalue weighted by Crippen LogP contribution is 2.40. The molecule has 2 aliphatic heterocycles. The average Bonchev–Trinajstić information content (AvgIpc) is 3.20. The van der Waals surface area contributed by atoms with Crippen LogP contribution in [-0.2, 0) is 17.6 Å².